The van der Waals surface area contributed by atoms with Gasteiger partial charge in [-0.1, -0.05) is 55.4 Å². The standard InChI is InChI=1S/C37H45N5/c1-10-22-23(11-2)35-37(38-9)36-27(15-6)26(14-5)34(42-36)29(17-8)33-25(13-4)24(12-3)32(41-33)28(16-7)30-19-18-21(39-30)20-31(22)40-35/h18-20,40-41H,10-17H2,1-8H3. The van der Waals surface area contributed by atoms with Crippen LogP contribution in [0.15, 0.2) is 6.07 Å². The van der Waals surface area contributed by atoms with Crippen LogP contribution in [0.25, 0.3) is 50.2 Å². The molecule has 0 aliphatic carbocycles. The highest BCUT2D eigenvalue weighted by atomic mass is 14.9. The molecule has 5 heterocycles. The van der Waals surface area contributed by atoms with E-state index in [1.165, 1.54) is 55.6 Å². The normalized spacial score (nSPS) is 12.8. The van der Waals surface area contributed by atoms with Crippen LogP contribution in [-0.2, 0) is 38.5 Å². The molecule has 0 radical (unpaired) electrons. The van der Waals surface area contributed by atoms with Crippen LogP contribution >= 0.6 is 0 Å². The number of nitrogens with one attached hydrogen (secondary N) is 2. The topological polar surface area (TPSA) is 61.7 Å². The van der Waals surface area contributed by atoms with Gasteiger partial charge in [0.25, 0.3) is 0 Å². The molecule has 2 aliphatic rings. The number of nitrogens with zero attached hydrogens (tertiary/aromatic N) is 3. The molecule has 0 saturated carbocycles. The van der Waals surface area contributed by atoms with E-state index < -0.39 is 0 Å². The molecule has 0 amide bonds. The lowest BCUT2D eigenvalue weighted by Gasteiger charge is -2.08. The second-order valence-corrected chi connectivity index (χ2v) is 11.1. The van der Waals surface area contributed by atoms with Crippen LogP contribution in [0.1, 0.15) is 124 Å². The van der Waals surface area contributed by atoms with Crippen molar-refractivity contribution >= 4 is 51.1 Å². The van der Waals surface area contributed by atoms with Crippen molar-refractivity contribution in [3.8, 4) is 0 Å². The van der Waals surface area contributed by atoms with Crippen molar-refractivity contribution in [1.82, 2.24) is 19.9 Å². The molecule has 8 bridgehead atoms. The maximum absolute atomic E-state index is 8.43. The Balaban J connectivity index is 2.16. The third-order valence-corrected chi connectivity index (χ3v) is 9.18. The summed E-state index contributed by atoms with van der Waals surface area (Å²) in [5, 5.41) is 0. The van der Waals surface area contributed by atoms with E-state index in [1.807, 2.05) is 0 Å². The Morgan fingerprint density at radius 1 is 0.571 bits per heavy atom. The highest BCUT2D eigenvalue weighted by molar-refractivity contribution is 6.01. The van der Waals surface area contributed by atoms with Gasteiger partial charge >= 0.3 is 0 Å². The van der Waals surface area contributed by atoms with E-state index >= 15 is 0 Å². The van der Waals surface area contributed by atoms with E-state index in [1.54, 1.807) is 0 Å². The smallest absolute Gasteiger partial charge is 0.235 e. The van der Waals surface area contributed by atoms with Crippen molar-refractivity contribution in [2.24, 2.45) is 0 Å². The van der Waals surface area contributed by atoms with E-state index in [2.05, 4.69) is 88.4 Å². The lowest BCUT2D eigenvalue weighted by molar-refractivity contribution is 1.05. The largest absolute Gasteiger partial charge is 0.364 e. The summed E-state index contributed by atoms with van der Waals surface area (Å²) in [6, 6.07) is 2.16. The van der Waals surface area contributed by atoms with Gasteiger partial charge < -0.3 is 9.97 Å². The van der Waals surface area contributed by atoms with E-state index in [0.29, 0.717) is 5.69 Å². The predicted octanol–water partition coefficient (Wildman–Crippen LogP) is 10.1. The Kier molecular flexibility index (Phi) is 8.55. The summed E-state index contributed by atoms with van der Waals surface area (Å²) in [7, 11) is 0. The molecule has 0 unspecified atom stereocenters. The number of rotatable bonds is 8. The van der Waals surface area contributed by atoms with Gasteiger partial charge in [-0.15, -0.1) is 0 Å². The maximum atomic E-state index is 8.43. The summed E-state index contributed by atoms with van der Waals surface area (Å²) < 4.78 is 0. The first-order chi connectivity index (χ1) is 20.4. The van der Waals surface area contributed by atoms with Crippen LogP contribution < -0.4 is 0 Å². The zero-order valence-corrected chi connectivity index (χ0v) is 26.7. The van der Waals surface area contributed by atoms with Gasteiger partial charge in [0, 0.05) is 33.2 Å². The van der Waals surface area contributed by atoms with Gasteiger partial charge in [0.15, 0.2) is 0 Å². The molecule has 3 aromatic heterocycles. The molecule has 0 spiro atoms. The summed E-state index contributed by atoms with van der Waals surface area (Å²) >= 11 is 0. The Bertz CT molecular complexity index is 1820. The molecule has 0 saturated heterocycles. The summed E-state index contributed by atoms with van der Waals surface area (Å²) in [4.78, 5) is 22.4. The molecule has 5 nitrogen and oxygen atoms in total. The molecule has 0 fully saturated rings. The van der Waals surface area contributed by atoms with Crippen molar-refractivity contribution < 1.29 is 0 Å². The van der Waals surface area contributed by atoms with Gasteiger partial charge in [0.1, 0.15) is 0 Å². The van der Waals surface area contributed by atoms with Gasteiger partial charge in [0.2, 0.25) is 5.69 Å². The van der Waals surface area contributed by atoms with E-state index in [9.17, 15) is 0 Å². The Hall–Kier alpha value is -3.91. The zero-order chi connectivity index (χ0) is 30.1. The minimum absolute atomic E-state index is 0.636. The highest BCUT2D eigenvalue weighted by Gasteiger charge is 2.26. The number of fused-ring (bicyclic) bond motifs is 8. The van der Waals surface area contributed by atoms with Crippen molar-refractivity contribution in [3.63, 3.8) is 0 Å². The maximum Gasteiger partial charge on any atom is 0.235 e. The summed E-state index contributed by atoms with van der Waals surface area (Å²) in [5.41, 5.74) is 19.1. The summed E-state index contributed by atoms with van der Waals surface area (Å²) in [5.74, 6) is 0. The fourth-order valence-electron chi connectivity index (χ4n) is 7.28. The zero-order valence-electron chi connectivity index (χ0n) is 26.7. The first kappa shape index (κ1) is 29.6. The van der Waals surface area contributed by atoms with Crippen molar-refractivity contribution in [1.29, 1.82) is 0 Å². The molecule has 218 valence electrons. The van der Waals surface area contributed by atoms with E-state index in [0.717, 1.165) is 85.2 Å². The number of hydrogen-bond donors (Lipinski definition) is 2. The van der Waals surface area contributed by atoms with Crippen LogP contribution in [0.5, 0.6) is 0 Å². The Labute approximate surface area is 251 Å². The molecule has 5 heteroatoms. The first-order valence-corrected chi connectivity index (χ1v) is 16.1. The average molecular weight is 560 g/mol. The first-order valence-electron chi connectivity index (χ1n) is 16.1. The number of aromatic nitrogens is 4. The number of H-pyrrole nitrogens is 2. The number of aromatic amines is 2. The molecule has 2 aliphatic heterocycles. The molecule has 0 aromatic carbocycles. The number of aryl methyl sites for hydroxylation is 6. The molecule has 42 heavy (non-hydrogen) atoms. The third kappa shape index (κ3) is 4.53. The summed E-state index contributed by atoms with van der Waals surface area (Å²) in [6.45, 7) is 26.2. The van der Waals surface area contributed by atoms with Crippen LogP contribution in [-0.4, -0.2) is 19.9 Å². The van der Waals surface area contributed by atoms with Gasteiger partial charge in [-0.25, -0.2) is 9.83 Å². The minimum Gasteiger partial charge on any atom is -0.364 e. The average Bonchev–Trinajstić information content (AvgIpc) is 3.77. The molecule has 0 atom stereocenters. The lowest BCUT2D eigenvalue weighted by Crippen LogP contribution is -1.95. The van der Waals surface area contributed by atoms with Crippen LogP contribution in [0.4, 0.5) is 5.69 Å². The Morgan fingerprint density at radius 3 is 1.67 bits per heavy atom. The second kappa shape index (κ2) is 12.1. The lowest BCUT2D eigenvalue weighted by atomic mass is 9.95. The van der Waals surface area contributed by atoms with Crippen molar-refractivity contribution in [3.05, 3.63) is 73.6 Å². The minimum atomic E-state index is 0.636. The monoisotopic (exact) mass is 559 g/mol. The van der Waals surface area contributed by atoms with Crippen LogP contribution in [0, 0.1) is 6.57 Å². The fourth-order valence-corrected chi connectivity index (χ4v) is 7.28. The van der Waals surface area contributed by atoms with Crippen molar-refractivity contribution in [2.75, 3.05) is 0 Å². The predicted molar refractivity (Wildman–Crippen MR) is 180 cm³/mol. The molecule has 2 N–H and O–H groups in total. The molecular formula is C37H45N5. The molecule has 5 rings (SSSR count). The van der Waals surface area contributed by atoms with Gasteiger partial charge in [-0.2, -0.15) is 0 Å². The highest BCUT2D eigenvalue weighted by Crippen LogP contribution is 2.43. The van der Waals surface area contributed by atoms with Crippen LogP contribution in [0.2, 0.25) is 0 Å². The van der Waals surface area contributed by atoms with Gasteiger partial charge in [-0.3, -0.25) is 4.98 Å². The second-order valence-electron chi connectivity index (χ2n) is 11.1. The SMILES string of the molecule is [C-]#[N+]c1c2nc(c(CC)c3[nH]c(c(CC)c4nc(cc5[nH]c1c(CC)c5CC)C=C4)c(CC)c3CC)C(CC)=C2CC. The Morgan fingerprint density at radius 2 is 1.12 bits per heavy atom. The molecular weight excluding hydrogens is 514 g/mol. The van der Waals surface area contributed by atoms with Gasteiger partial charge in [0.05, 0.1) is 29.3 Å². The number of allylic oxidation sites excluding steroid dienone is 2. The van der Waals surface area contributed by atoms with E-state index in [-0.39, 0.29) is 0 Å². The van der Waals surface area contributed by atoms with Crippen molar-refractivity contribution in [2.45, 2.75) is 107 Å². The van der Waals surface area contributed by atoms with E-state index in [4.69, 9.17) is 16.5 Å². The quantitative estimate of drug-likeness (QED) is 0.211. The third-order valence-electron chi connectivity index (χ3n) is 9.18. The molecule has 3 aromatic rings. The number of hydrogen-bond acceptors (Lipinski definition) is 2. The van der Waals surface area contributed by atoms with Crippen LogP contribution in [0.3, 0.4) is 0 Å². The summed E-state index contributed by atoms with van der Waals surface area (Å²) in [6.07, 6.45) is 11.4. The fraction of sp³-hybridized carbons (Fsp3) is 0.432. The van der Waals surface area contributed by atoms with Gasteiger partial charge in [-0.05, 0) is 103 Å².